The van der Waals surface area contributed by atoms with Crippen molar-refractivity contribution >= 4 is 29.1 Å². The highest BCUT2D eigenvalue weighted by Crippen LogP contribution is 2.36. The number of rotatable bonds is 4. The fourth-order valence-electron chi connectivity index (χ4n) is 3.61. The van der Waals surface area contributed by atoms with Gasteiger partial charge in [-0.25, -0.2) is 0 Å². The lowest BCUT2D eigenvalue weighted by Gasteiger charge is -2.30. The molecule has 6 heteroatoms. The van der Waals surface area contributed by atoms with Gasteiger partial charge < -0.3 is 15.0 Å². The lowest BCUT2D eigenvalue weighted by molar-refractivity contribution is -0.138. The van der Waals surface area contributed by atoms with Crippen LogP contribution in [0.1, 0.15) is 22.7 Å². The van der Waals surface area contributed by atoms with Gasteiger partial charge in [0, 0.05) is 16.3 Å². The largest absolute Gasteiger partial charge is 0.484 e. The Kier molecular flexibility index (Phi) is 5.72. The first kappa shape index (κ1) is 20.0. The summed E-state index contributed by atoms with van der Waals surface area (Å²) in [5.41, 5.74) is 3.58. The van der Waals surface area contributed by atoms with E-state index in [4.69, 9.17) is 16.3 Å². The van der Waals surface area contributed by atoms with Gasteiger partial charge in [0.1, 0.15) is 12.3 Å². The van der Waals surface area contributed by atoms with E-state index in [0.717, 1.165) is 16.7 Å². The lowest BCUT2D eigenvalue weighted by Crippen LogP contribution is -2.41. The summed E-state index contributed by atoms with van der Waals surface area (Å²) in [6.45, 7) is 1.75. The smallest absolute Gasteiger partial charge is 0.261 e. The van der Waals surface area contributed by atoms with E-state index in [-0.39, 0.29) is 25.0 Å². The van der Waals surface area contributed by atoms with Crippen LogP contribution in [-0.2, 0) is 9.59 Å². The van der Waals surface area contributed by atoms with Gasteiger partial charge in [0.25, 0.3) is 5.91 Å². The van der Waals surface area contributed by atoms with Gasteiger partial charge in [0.2, 0.25) is 5.91 Å². The number of carbonyl (C=O) groups excluding carboxylic acids is 2. The van der Waals surface area contributed by atoms with Gasteiger partial charge >= 0.3 is 0 Å². The molecule has 0 radical (unpaired) electrons. The Bertz CT molecular complexity index is 1070. The maximum absolute atomic E-state index is 13.2. The molecule has 3 aromatic carbocycles. The topological polar surface area (TPSA) is 58.6 Å². The molecule has 0 aromatic heterocycles. The number of aryl methyl sites for hydroxylation is 1. The number of fused-ring (bicyclic) bond motifs is 1. The van der Waals surface area contributed by atoms with Gasteiger partial charge in [-0.15, -0.1) is 0 Å². The summed E-state index contributed by atoms with van der Waals surface area (Å²) in [5, 5.41) is 3.52. The normalized spacial score (nSPS) is 15.7. The zero-order valence-corrected chi connectivity index (χ0v) is 17.2. The van der Waals surface area contributed by atoms with Crippen molar-refractivity contribution < 1.29 is 14.3 Å². The number of ether oxygens (including phenoxy) is 1. The van der Waals surface area contributed by atoms with Crippen molar-refractivity contribution in [3.8, 4) is 5.75 Å². The number of anilines is 1. The van der Waals surface area contributed by atoms with E-state index < -0.39 is 6.04 Å². The van der Waals surface area contributed by atoms with Crippen LogP contribution in [0.25, 0.3) is 0 Å². The first-order valence-corrected chi connectivity index (χ1v) is 10.0. The molecule has 0 aliphatic carbocycles. The number of amides is 2. The number of nitrogens with one attached hydrogen (secondary N) is 1. The number of nitrogens with zero attached hydrogens (tertiary/aromatic N) is 1. The molecule has 2 amide bonds. The second-order valence-electron chi connectivity index (χ2n) is 7.22. The molecule has 30 heavy (non-hydrogen) atoms. The quantitative estimate of drug-likeness (QED) is 0.671. The van der Waals surface area contributed by atoms with E-state index in [9.17, 15) is 9.59 Å². The van der Waals surface area contributed by atoms with E-state index in [1.54, 1.807) is 29.2 Å². The standard InChI is InChI=1S/C24H21ClN2O3/c1-16-7-12-21-20(13-16)24(17-5-3-2-4-6-17)27(14-22(28)26-21)23(29)15-30-19-10-8-18(25)9-11-19/h2-13,24H,14-15H2,1H3,(H,26,28)/t24-/m0/s1. The summed E-state index contributed by atoms with van der Waals surface area (Å²) in [6.07, 6.45) is 0. The van der Waals surface area contributed by atoms with Crippen molar-refractivity contribution in [2.45, 2.75) is 13.0 Å². The molecule has 1 heterocycles. The van der Waals surface area contributed by atoms with Crippen molar-refractivity contribution in [1.29, 1.82) is 0 Å². The summed E-state index contributed by atoms with van der Waals surface area (Å²) in [5.74, 6) is 0.0289. The van der Waals surface area contributed by atoms with Crippen LogP contribution in [0.3, 0.4) is 0 Å². The van der Waals surface area contributed by atoms with Crippen LogP contribution < -0.4 is 10.1 Å². The molecule has 4 rings (SSSR count). The van der Waals surface area contributed by atoms with Crippen LogP contribution >= 0.6 is 11.6 Å². The Morgan fingerprint density at radius 1 is 1.10 bits per heavy atom. The zero-order valence-electron chi connectivity index (χ0n) is 16.5. The van der Waals surface area contributed by atoms with Crippen molar-refractivity contribution in [2.75, 3.05) is 18.5 Å². The molecular weight excluding hydrogens is 400 g/mol. The minimum atomic E-state index is -0.402. The molecule has 0 saturated carbocycles. The number of hydrogen-bond acceptors (Lipinski definition) is 3. The van der Waals surface area contributed by atoms with E-state index >= 15 is 0 Å². The second-order valence-corrected chi connectivity index (χ2v) is 7.65. The number of benzene rings is 3. The molecule has 0 spiro atoms. The third-order valence-corrected chi connectivity index (χ3v) is 5.26. The third kappa shape index (κ3) is 4.31. The van der Waals surface area contributed by atoms with Gasteiger partial charge in [0.15, 0.2) is 6.61 Å². The van der Waals surface area contributed by atoms with Gasteiger partial charge in [0.05, 0.1) is 6.04 Å². The monoisotopic (exact) mass is 420 g/mol. The number of halogens is 1. The fourth-order valence-corrected chi connectivity index (χ4v) is 3.74. The van der Waals surface area contributed by atoms with Crippen LogP contribution in [0.2, 0.25) is 5.02 Å². The Morgan fingerprint density at radius 2 is 1.83 bits per heavy atom. The van der Waals surface area contributed by atoms with Crippen molar-refractivity contribution in [1.82, 2.24) is 4.90 Å². The Balaban J connectivity index is 1.69. The van der Waals surface area contributed by atoms with Crippen molar-refractivity contribution in [3.63, 3.8) is 0 Å². The Hall–Kier alpha value is -3.31. The van der Waals surface area contributed by atoms with Gasteiger partial charge in [-0.3, -0.25) is 9.59 Å². The van der Waals surface area contributed by atoms with E-state index in [1.807, 2.05) is 55.5 Å². The minimum absolute atomic E-state index is 0.0594. The highest BCUT2D eigenvalue weighted by atomic mass is 35.5. The summed E-state index contributed by atoms with van der Waals surface area (Å²) in [4.78, 5) is 27.4. The lowest BCUT2D eigenvalue weighted by atomic mass is 9.94. The third-order valence-electron chi connectivity index (χ3n) is 5.01. The average molecular weight is 421 g/mol. The molecule has 1 aliphatic heterocycles. The zero-order chi connectivity index (χ0) is 21.1. The Labute approximate surface area is 180 Å². The molecule has 0 fully saturated rings. The van der Waals surface area contributed by atoms with E-state index in [2.05, 4.69) is 5.32 Å². The number of carbonyl (C=O) groups is 2. The van der Waals surface area contributed by atoms with E-state index in [1.165, 1.54) is 0 Å². The molecule has 0 unspecified atom stereocenters. The predicted octanol–water partition coefficient (Wildman–Crippen LogP) is 4.60. The van der Waals surface area contributed by atoms with E-state index in [0.29, 0.717) is 16.5 Å². The SMILES string of the molecule is Cc1ccc2c(c1)[C@H](c1ccccc1)N(C(=O)COc1ccc(Cl)cc1)CC(=O)N2. The first-order chi connectivity index (χ1) is 14.5. The van der Waals surface area contributed by atoms with Crippen LogP contribution in [0.4, 0.5) is 5.69 Å². The molecule has 5 nitrogen and oxygen atoms in total. The highest BCUT2D eigenvalue weighted by molar-refractivity contribution is 6.30. The maximum atomic E-state index is 13.2. The summed E-state index contributed by atoms with van der Waals surface area (Å²) >= 11 is 5.90. The average Bonchev–Trinajstić information content (AvgIpc) is 2.89. The van der Waals surface area contributed by atoms with Crippen molar-refractivity contribution in [3.05, 3.63) is 94.5 Å². The van der Waals surface area contributed by atoms with Crippen molar-refractivity contribution in [2.24, 2.45) is 0 Å². The molecule has 1 aliphatic rings. The predicted molar refractivity (Wildman–Crippen MR) is 117 cm³/mol. The number of hydrogen-bond donors (Lipinski definition) is 1. The summed E-state index contributed by atoms with van der Waals surface area (Å²) in [7, 11) is 0. The second kappa shape index (κ2) is 8.59. The van der Waals surface area contributed by atoms with Crippen LogP contribution in [0, 0.1) is 6.92 Å². The van der Waals surface area contributed by atoms with Gasteiger partial charge in [-0.1, -0.05) is 59.6 Å². The maximum Gasteiger partial charge on any atom is 0.261 e. The van der Waals surface area contributed by atoms with Gasteiger partial charge in [-0.05, 0) is 42.8 Å². The molecular formula is C24H21ClN2O3. The Morgan fingerprint density at radius 3 is 2.57 bits per heavy atom. The first-order valence-electron chi connectivity index (χ1n) is 9.64. The molecule has 1 atom stereocenters. The summed E-state index contributed by atoms with van der Waals surface area (Å²) in [6, 6.07) is 22.0. The minimum Gasteiger partial charge on any atom is -0.484 e. The molecule has 0 saturated heterocycles. The fraction of sp³-hybridized carbons (Fsp3) is 0.167. The summed E-state index contributed by atoms with van der Waals surface area (Å²) < 4.78 is 5.67. The van der Waals surface area contributed by atoms with Crippen LogP contribution in [0.5, 0.6) is 5.75 Å². The van der Waals surface area contributed by atoms with Gasteiger partial charge in [-0.2, -0.15) is 0 Å². The van der Waals surface area contributed by atoms with Crippen LogP contribution in [-0.4, -0.2) is 29.9 Å². The van der Waals surface area contributed by atoms with Crippen LogP contribution in [0.15, 0.2) is 72.8 Å². The molecule has 1 N–H and O–H groups in total. The highest BCUT2D eigenvalue weighted by Gasteiger charge is 2.33. The molecule has 3 aromatic rings. The molecule has 0 bridgehead atoms. The molecule has 152 valence electrons.